The molecular weight excluding hydrogens is 666 g/mol. The summed E-state index contributed by atoms with van der Waals surface area (Å²) in [5.41, 5.74) is -2.09. The molecule has 0 unspecified atom stereocenters. The quantitative estimate of drug-likeness (QED) is 0.331. The SMILES string of the molecule is C[C@H](Oc1ccc(S(=O)(=O)[C@@H]2C[C@@H](C(=O)O)N(C(=O)C3(c4ncc(Br)cc4F)CN(C=O)C3)C2)c(Cl)c1)C(F)(F)F. The van der Waals surface area contributed by atoms with Crippen molar-refractivity contribution in [2.75, 3.05) is 19.6 Å². The average molecular weight is 687 g/mol. The maximum atomic E-state index is 14.9. The number of carbonyl (C=O) groups excluding carboxylic acids is 2. The van der Waals surface area contributed by atoms with Gasteiger partial charge >= 0.3 is 12.1 Å². The Bertz CT molecular complexity index is 1500. The molecule has 41 heavy (non-hydrogen) atoms. The van der Waals surface area contributed by atoms with E-state index in [0.29, 0.717) is 6.41 Å². The summed E-state index contributed by atoms with van der Waals surface area (Å²) in [5.74, 6) is -3.67. The van der Waals surface area contributed by atoms with Gasteiger partial charge in [-0.05, 0) is 47.5 Å². The molecule has 2 aromatic rings. The minimum absolute atomic E-state index is 0.268. The third kappa shape index (κ3) is 5.73. The number of nitrogens with zero attached hydrogens (tertiary/aromatic N) is 3. The number of alkyl halides is 3. The number of hydrogen-bond acceptors (Lipinski definition) is 7. The van der Waals surface area contributed by atoms with Crippen LogP contribution in [0.5, 0.6) is 5.75 Å². The molecule has 4 rings (SSSR count). The molecule has 2 aliphatic rings. The van der Waals surface area contributed by atoms with Crippen molar-refractivity contribution >= 4 is 55.7 Å². The first-order chi connectivity index (χ1) is 19.0. The van der Waals surface area contributed by atoms with Crippen LogP contribution in [0, 0.1) is 5.82 Å². The van der Waals surface area contributed by atoms with Gasteiger partial charge in [0.05, 0.1) is 20.9 Å². The van der Waals surface area contributed by atoms with E-state index < -0.39 is 79.4 Å². The molecule has 0 aliphatic carbocycles. The van der Waals surface area contributed by atoms with E-state index in [1.165, 1.54) is 6.20 Å². The second-order valence-corrected chi connectivity index (χ2v) is 13.2. The van der Waals surface area contributed by atoms with Gasteiger partial charge in [0.15, 0.2) is 15.9 Å². The van der Waals surface area contributed by atoms with E-state index in [0.717, 1.165) is 41.0 Å². The number of carbonyl (C=O) groups is 3. The van der Waals surface area contributed by atoms with E-state index in [9.17, 15) is 45.5 Å². The summed E-state index contributed by atoms with van der Waals surface area (Å²) in [4.78, 5) is 42.7. The summed E-state index contributed by atoms with van der Waals surface area (Å²) in [5, 5.41) is 7.91. The average Bonchev–Trinajstić information content (AvgIpc) is 3.30. The number of likely N-dealkylation sites (tertiary alicyclic amines) is 2. The molecule has 1 aromatic heterocycles. The molecule has 0 spiro atoms. The van der Waals surface area contributed by atoms with Crippen molar-refractivity contribution in [3.8, 4) is 5.75 Å². The Morgan fingerprint density at radius 1 is 1.29 bits per heavy atom. The van der Waals surface area contributed by atoms with Gasteiger partial charge in [0.2, 0.25) is 12.3 Å². The van der Waals surface area contributed by atoms with Crippen LogP contribution < -0.4 is 4.74 Å². The van der Waals surface area contributed by atoms with Crippen molar-refractivity contribution in [1.82, 2.24) is 14.8 Å². The van der Waals surface area contributed by atoms with Gasteiger partial charge in [-0.15, -0.1) is 0 Å². The van der Waals surface area contributed by atoms with Crippen LogP contribution in [0.25, 0.3) is 0 Å². The molecule has 0 radical (unpaired) electrons. The van der Waals surface area contributed by atoms with Crippen molar-refractivity contribution in [1.29, 1.82) is 0 Å². The predicted octanol–water partition coefficient (Wildman–Crippen LogP) is 3.20. The topological polar surface area (TPSA) is 134 Å². The Kier molecular flexibility index (Phi) is 8.32. The Morgan fingerprint density at radius 3 is 2.49 bits per heavy atom. The van der Waals surface area contributed by atoms with Crippen LogP contribution in [0.15, 0.2) is 39.8 Å². The number of aliphatic carboxylic acids is 1. The zero-order chi connectivity index (χ0) is 30.5. The summed E-state index contributed by atoms with van der Waals surface area (Å²) in [6.07, 6.45) is -5.77. The fourth-order valence-electron chi connectivity index (χ4n) is 4.87. The summed E-state index contributed by atoms with van der Waals surface area (Å²) >= 11 is 9.17. The Hall–Kier alpha value is -2.98. The van der Waals surface area contributed by atoms with Crippen LogP contribution in [-0.2, 0) is 29.6 Å². The van der Waals surface area contributed by atoms with E-state index in [1.54, 1.807) is 0 Å². The summed E-state index contributed by atoms with van der Waals surface area (Å²) in [7, 11) is -4.43. The van der Waals surface area contributed by atoms with Gasteiger partial charge in [-0.2, -0.15) is 13.2 Å². The van der Waals surface area contributed by atoms with Gasteiger partial charge in [-0.1, -0.05) is 11.6 Å². The molecule has 0 saturated carbocycles. The summed E-state index contributed by atoms with van der Waals surface area (Å²) in [6.45, 7) is -0.484. The Labute approximate surface area is 244 Å². The van der Waals surface area contributed by atoms with Crippen LogP contribution in [0.4, 0.5) is 17.6 Å². The molecular formula is C24H21BrClF4N3O7S. The number of ether oxygens (including phenoxy) is 1. The first-order valence-corrected chi connectivity index (χ1v) is 14.5. The number of aromatic nitrogens is 1. The third-order valence-corrected chi connectivity index (χ3v) is 10.0. The molecule has 17 heteroatoms. The van der Waals surface area contributed by atoms with Gasteiger partial charge in [0.1, 0.15) is 23.0 Å². The van der Waals surface area contributed by atoms with Crippen LogP contribution in [0.1, 0.15) is 19.0 Å². The Morgan fingerprint density at radius 2 is 1.95 bits per heavy atom. The van der Waals surface area contributed by atoms with Gasteiger partial charge in [-0.3, -0.25) is 14.6 Å². The number of carboxylic acids is 1. The smallest absolute Gasteiger partial charge is 0.425 e. The van der Waals surface area contributed by atoms with Crippen molar-refractivity contribution in [2.24, 2.45) is 0 Å². The van der Waals surface area contributed by atoms with Gasteiger partial charge in [-0.25, -0.2) is 17.6 Å². The lowest BCUT2D eigenvalue weighted by molar-refractivity contribution is -0.189. The van der Waals surface area contributed by atoms with E-state index in [4.69, 9.17) is 16.3 Å². The van der Waals surface area contributed by atoms with Crippen molar-refractivity contribution < 1.29 is 50.2 Å². The fourth-order valence-corrected chi connectivity index (χ4v) is 7.40. The van der Waals surface area contributed by atoms with E-state index >= 15 is 0 Å². The predicted molar refractivity (Wildman–Crippen MR) is 138 cm³/mol. The zero-order valence-corrected chi connectivity index (χ0v) is 24.1. The lowest BCUT2D eigenvalue weighted by Crippen LogP contribution is -2.67. The van der Waals surface area contributed by atoms with Gasteiger partial charge < -0.3 is 19.6 Å². The van der Waals surface area contributed by atoms with E-state index in [-0.39, 0.29) is 29.0 Å². The lowest BCUT2D eigenvalue weighted by atomic mass is 9.75. The van der Waals surface area contributed by atoms with Crippen molar-refractivity contribution in [3.63, 3.8) is 0 Å². The highest BCUT2D eigenvalue weighted by molar-refractivity contribution is 9.10. The molecule has 10 nitrogen and oxygen atoms in total. The number of hydrogen-bond donors (Lipinski definition) is 1. The highest BCUT2D eigenvalue weighted by atomic mass is 79.9. The first kappa shape index (κ1) is 31.0. The van der Waals surface area contributed by atoms with Crippen LogP contribution in [0.2, 0.25) is 5.02 Å². The number of amides is 2. The van der Waals surface area contributed by atoms with Crippen LogP contribution >= 0.6 is 27.5 Å². The highest BCUT2D eigenvalue weighted by Crippen LogP contribution is 2.41. The Balaban J connectivity index is 1.65. The first-order valence-electron chi connectivity index (χ1n) is 11.8. The maximum Gasteiger partial charge on any atom is 0.425 e. The van der Waals surface area contributed by atoms with Crippen LogP contribution in [0.3, 0.4) is 0 Å². The number of halogens is 6. The molecule has 0 bridgehead atoms. The number of rotatable bonds is 8. The van der Waals surface area contributed by atoms with E-state index in [1.807, 2.05) is 0 Å². The second-order valence-electron chi connectivity index (χ2n) is 9.68. The number of carboxylic acid groups (broad SMARTS) is 1. The molecule has 1 N–H and O–H groups in total. The van der Waals surface area contributed by atoms with Crippen LogP contribution in [-0.4, -0.2) is 89.8 Å². The number of benzene rings is 1. The largest absolute Gasteiger partial charge is 0.481 e. The minimum Gasteiger partial charge on any atom is -0.481 e. The number of pyridine rings is 1. The standard InChI is InChI=1S/C24H21BrClF4N3O7S/c1-12(24(28,29)30)40-14-2-3-19(16(26)5-14)41(38,39)15-6-18(21(35)36)33(8-15)22(37)23(9-32(10-23)11-34)20-17(27)4-13(25)7-31-20/h2-5,7,11-12,15,18H,6,8-10H2,1H3,(H,35,36)/t12-,15+,18-/m0/s1. The third-order valence-electron chi connectivity index (χ3n) is 7.00. The van der Waals surface area contributed by atoms with Crippen molar-refractivity contribution in [3.05, 3.63) is 51.5 Å². The highest BCUT2D eigenvalue weighted by Gasteiger charge is 2.58. The molecule has 2 fully saturated rings. The summed E-state index contributed by atoms with van der Waals surface area (Å²) < 4.78 is 85.5. The zero-order valence-electron chi connectivity index (χ0n) is 20.9. The molecule has 2 amide bonds. The normalized spacial score (nSPS) is 21.2. The molecule has 2 saturated heterocycles. The molecule has 222 valence electrons. The molecule has 2 aliphatic heterocycles. The monoisotopic (exact) mass is 685 g/mol. The van der Waals surface area contributed by atoms with E-state index in [2.05, 4.69) is 20.9 Å². The second kappa shape index (κ2) is 11.0. The summed E-state index contributed by atoms with van der Waals surface area (Å²) in [6, 6.07) is 2.23. The molecule has 3 heterocycles. The van der Waals surface area contributed by atoms with Gasteiger partial charge in [0.25, 0.3) is 0 Å². The van der Waals surface area contributed by atoms with Gasteiger partial charge in [0, 0.05) is 36.4 Å². The minimum atomic E-state index is -4.68. The van der Waals surface area contributed by atoms with Crippen molar-refractivity contribution in [2.45, 2.75) is 47.2 Å². The molecule has 1 aromatic carbocycles. The number of sulfone groups is 1. The molecule has 3 atom stereocenters. The fraction of sp³-hybridized carbons (Fsp3) is 0.417. The lowest BCUT2D eigenvalue weighted by Gasteiger charge is -2.48. The maximum absolute atomic E-state index is 14.9.